The molecule has 0 radical (unpaired) electrons. The number of hydrogen-bond acceptors (Lipinski definition) is 6. The Balaban J connectivity index is 5.48. The van der Waals surface area contributed by atoms with Crippen molar-refractivity contribution >= 4 is 29.6 Å². The zero-order valence-electron chi connectivity index (χ0n) is 19.8. The van der Waals surface area contributed by atoms with E-state index >= 15 is 0 Å². The Morgan fingerprint density at radius 2 is 1.38 bits per heavy atom. The molecule has 5 unspecified atom stereocenters. The number of primary amides is 1. The Morgan fingerprint density at radius 3 is 1.78 bits per heavy atom. The molecule has 5 atom stereocenters. The van der Waals surface area contributed by atoms with Crippen LogP contribution in [0.3, 0.4) is 0 Å². The first-order chi connectivity index (χ1) is 14.7. The molecule has 0 saturated carbocycles. The van der Waals surface area contributed by atoms with Crippen LogP contribution < -0.4 is 27.4 Å². The molecule has 0 aromatic heterocycles. The molecule has 0 saturated heterocycles. The van der Waals surface area contributed by atoms with E-state index in [1.807, 2.05) is 13.8 Å². The van der Waals surface area contributed by atoms with Crippen molar-refractivity contribution in [3.63, 3.8) is 0 Å². The number of carbonyl (C=O) groups is 5. The van der Waals surface area contributed by atoms with Gasteiger partial charge in [-0.25, -0.2) is 4.79 Å². The lowest BCUT2D eigenvalue weighted by atomic mass is 9.97. The summed E-state index contributed by atoms with van der Waals surface area (Å²) >= 11 is 0. The molecule has 8 N–H and O–H groups in total. The molecule has 0 aliphatic rings. The molecule has 32 heavy (non-hydrogen) atoms. The van der Waals surface area contributed by atoms with Gasteiger partial charge >= 0.3 is 5.97 Å². The van der Waals surface area contributed by atoms with Crippen molar-refractivity contribution in [1.82, 2.24) is 16.0 Å². The normalized spacial score (nSPS) is 15.9. The van der Waals surface area contributed by atoms with Crippen LogP contribution >= 0.6 is 0 Å². The zero-order valence-corrected chi connectivity index (χ0v) is 19.8. The van der Waals surface area contributed by atoms with Gasteiger partial charge in [0.15, 0.2) is 0 Å². The van der Waals surface area contributed by atoms with Gasteiger partial charge in [-0.05, 0) is 24.2 Å². The third kappa shape index (κ3) is 10.1. The van der Waals surface area contributed by atoms with E-state index in [0.717, 1.165) is 0 Å². The summed E-state index contributed by atoms with van der Waals surface area (Å²) in [5.41, 5.74) is 11.1. The fraction of sp³-hybridized carbons (Fsp3) is 0.762. The summed E-state index contributed by atoms with van der Waals surface area (Å²) in [6, 6.07) is -4.42. The SMILES string of the molecule is CCC(C)C(NC(=O)C(NC(=O)C(CC(N)=O)NC(=O)C(N)CC(C)C)C(C)C)C(=O)O. The van der Waals surface area contributed by atoms with E-state index in [1.54, 1.807) is 27.7 Å². The first-order valence-corrected chi connectivity index (χ1v) is 10.9. The third-order valence-corrected chi connectivity index (χ3v) is 5.12. The number of nitrogens with two attached hydrogens (primary N) is 2. The summed E-state index contributed by atoms with van der Waals surface area (Å²) < 4.78 is 0. The molecule has 0 fully saturated rings. The van der Waals surface area contributed by atoms with Crippen LogP contribution in [0.5, 0.6) is 0 Å². The molecule has 184 valence electrons. The van der Waals surface area contributed by atoms with Crippen molar-refractivity contribution in [3.8, 4) is 0 Å². The van der Waals surface area contributed by atoms with E-state index in [0.29, 0.717) is 12.8 Å². The van der Waals surface area contributed by atoms with E-state index in [-0.39, 0.29) is 11.8 Å². The van der Waals surface area contributed by atoms with Crippen molar-refractivity contribution in [2.75, 3.05) is 0 Å². The van der Waals surface area contributed by atoms with Crippen molar-refractivity contribution in [2.24, 2.45) is 29.2 Å². The summed E-state index contributed by atoms with van der Waals surface area (Å²) in [4.78, 5) is 60.9. The van der Waals surface area contributed by atoms with E-state index in [9.17, 15) is 29.1 Å². The molecule has 0 spiro atoms. The first-order valence-electron chi connectivity index (χ1n) is 10.9. The van der Waals surface area contributed by atoms with Crippen molar-refractivity contribution < 1.29 is 29.1 Å². The smallest absolute Gasteiger partial charge is 0.326 e. The second kappa shape index (κ2) is 13.7. The average Bonchev–Trinajstić information content (AvgIpc) is 2.67. The van der Waals surface area contributed by atoms with Crippen LogP contribution in [0.1, 0.15) is 60.8 Å². The maximum atomic E-state index is 12.8. The zero-order chi connectivity index (χ0) is 25.2. The highest BCUT2D eigenvalue weighted by molar-refractivity contribution is 5.96. The fourth-order valence-electron chi connectivity index (χ4n) is 3.02. The molecule has 0 aliphatic carbocycles. The number of amides is 4. The molecule has 11 heteroatoms. The summed E-state index contributed by atoms with van der Waals surface area (Å²) in [6.45, 7) is 10.6. The molecular weight excluding hydrogens is 418 g/mol. The van der Waals surface area contributed by atoms with E-state index < -0.39 is 66.1 Å². The summed E-state index contributed by atoms with van der Waals surface area (Å²) in [7, 11) is 0. The summed E-state index contributed by atoms with van der Waals surface area (Å²) in [5, 5.41) is 16.8. The Hall–Kier alpha value is -2.69. The number of carboxylic acids is 1. The molecule has 0 aliphatic heterocycles. The molecule has 0 rings (SSSR count). The van der Waals surface area contributed by atoms with E-state index in [2.05, 4.69) is 16.0 Å². The summed E-state index contributed by atoms with van der Waals surface area (Å²) in [6.07, 6.45) is 0.419. The van der Waals surface area contributed by atoms with Crippen molar-refractivity contribution in [3.05, 3.63) is 0 Å². The highest BCUT2D eigenvalue weighted by Crippen LogP contribution is 2.11. The van der Waals surface area contributed by atoms with Gasteiger partial charge < -0.3 is 32.5 Å². The fourth-order valence-corrected chi connectivity index (χ4v) is 3.02. The van der Waals surface area contributed by atoms with Crippen LogP contribution in [-0.2, 0) is 24.0 Å². The van der Waals surface area contributed by atoms with E-state index in [4.69, 9.17) is 11.5 Å². The maximum absolute atomic E-state index is 12.8. The number of hydrogen-bond donors (Lipinski definition) is 6. The third-order valence-electron chi connectivity index (χ3n) is 5.12. The first kappa shape index (κ1) is 29.3. The number of aliphatic carboxylic acids is 1. The Kier molecular flexibility index (Phi) is 12.5. The number of carboxylic acid groups (broad SMARTS) is 1. The van der Waals surface area contributed by atoms with Gasteiger partial charge in [0.05, 0.1) is 12.5 Å². The minimum atomic E-state index is -1.32. The van der Waals surface area contributed by atoms with Crippen LogP contribution in [-0.4, -0.2) is 58.9 Å². The quantitative estimate of drug-likeness (QED) is 0.202. The van der Waals surface area contributed by atoms with Crippen LogP contribution in [0.4, 0.5) is 0 Å². The predicted octanol–water partition coefficient (Wildman–Crippen LogP) is -0.524. The standard InChI is InChI=1S/C21H39N5O6/c1-7-12(6)17(21(31)32)26-20(30)16(11(4)5)25-19(29)14(9-15(23)27)24-18(28)13(22)8-10(2)3/h10-14,16-17H,7-9,22H2,1-6H3,(H2,23,27)(H,24,28)(H,25,29)(H,26,30)(H,31,32). The second-order valence-electron chi connectivity index (χ2n) is 8.91. The summed E-state index contributed by atoms with van der Waals surface area (Å²) in [5.74, 6) is -4.69. The highest BCUT2D eigenvalue weighted by atomic mass is 16.4. The molecule has 0 bridgehead atoms. The van der Waals surface area contributed by atoms with Gasteiger partial charge in [-0.1, -0.05) is 48.0 Å². The van der Waals surface area contributed by atoms with Gasteiger partial charge in [-0.2, -0.15) is 0 Å². The van der Waals surface area contributed by atoms with Crippen LogP contribution in [0.25, 0.3) is 0 Å². The molecule has 0 heterocycles. The van der Waals surface area contributed by atoms with Crippen LogP contribution in [0, 0.1) is 17.8 Å². The topological polar surface area (TPSA) is 194 Å². The average molecular weight is 458 g/mol. The lowest BCUT2D eigenvalue weighted by molar-refractivity contribution is -0.144. The van der Waals surface area contributed by atoms with Crippen LogP contribution in [0.2, 0.25) is 0 Å². The largest absolute Gasteiger partial charge is 0.480 e. The number of rotatable bonds is 14. The minimum Gasteiger partial charge on any atom is -0.480 e. The second-order valence-corrected chi connectivity index (χ2v) is 8.91. The molecule has 0 aromatic rings. The molecular formula is C21H39N5O6. The molecule has 11 nitrogen and oxygen atoms in total. The lowest BCUT2D eigenvalue weighted by Gasteiger charge is -2.28. The van der Waals surface area contributed by atoms with Gasteiger partial charge in [0.1, 0.15) is 18.1 Å². The molecule has 4 amide bonds. The van der Waals surface area contributed by atoms with Gasteiger partial charge in [-0.3, -0.25) is 19.2 Å². The van der Waals surface area contributed by atoms with E-state index in [1.165, 1.54) is 0 Å². The minimum absolute atomic E-state index is 0.140. The molecule has 0 aromatic carbocycles. The maximum Gasteiger partial charge on any atom is 0.326 e. The Bertz CT molecular complexity index is 682. The Labute approximate surface area is 189 Å². The van der Waals surface area contributed by atoms with Crippen LogP contribution in [0.15, 0.2) is 0 Å². The number of nitrogens with one attached hydrogen (secondary N) is 3. The Morgan fingerprint density at radius 1 is 0.844 bits per heavy atom. The monoisotopic (exact) mass is 457 g/mol. The van der Waals surface area contributed by atoms with Gasteiger partial charge in [0.25, 0.3) is 0 Å². The number of carbonyl (C=O) groups excluding carboxylic acids is 4. The highest BCUT2D eigenvalue weighted by Gasteiger charge is 2.33. The van der Waals surface area contributed by atoms with Gasteiger partial charge in [0, 0.05) is 0 Å². The predicted molar refractivity (Wildman–Crippen MR) is 119 cm³/mol. The van der Waals surface area contributed by atoms with Crippen molar-refractivity contribution in [1.29, 1.82) is 0 Å². The van der Waals surface area contributed by atoms with Crippen molar-refractivity contribution in [2.45, 2.75) is 85.0 Å². The lowest BCUT2D eigenvalue weighted by Crippen LogP contribution is -2.59. The van der Waals surface area contributed by atoms with Gasteiger partial charge in [0.2, 0.25) is 23.6 Å². The van der Waals surface area contributed by atoms with Gasteiger partial charge in [-0.15, -0.1) is 0 Å².